The Morgan fingerprint density at radius 2 is 1.65 bits per heavy atom. The molecule has 2 aromatic heterocycles. The third-order valence-corrected chi connectivity index (χ3v) is 9.65. The highest BCUT2D eigenvalue weighted by Gasteiger charge is 2.31. The third-order valence-electron chi connectivity index (χ3n) is 9.65. The number of benzene rings is 3. The molecule has 11 nitrogen and oxygen atoms in total. The van der Waals surface area contributed by atoms with Crippen molar-refractivity contribution >= 4 is 34.1 Å². The Bertz CT molecular complexity index is 2050. The number of carbonyl (C=O) groups is 2. The first-order chi connectivity index (χ1) is 25.1. The summed E-state index contributed by atoms with van der Waals surface area (Å²) >= 11 is 0. The van der Waals surface area contributed by atoms with E-state index in [-0.39, 0.29) is 23.9 Å². The smallest absolute Gasteiger partial charge is 0.407 e. The molecular weight excluding hydrogens is 656 g/mol. The minimum atomic E-state index is -0.681. The molecule has 11 heteroatoms. The lowest BCUT2D eigenvalue weighted by Crippen LogP contribution is -2.46. The molecule has 0 aliphatic carbocycles. The second kappa shape index (κ2) is 16.2. The van der Waals surface area contributed by atoms with Crippen LogP contribution in [0.5, 0.6) is 0 Å². The number of aryl methyl sites for hydroxylation is 2. The number of nitrogens with one attached hydrogen (secondary N) is 1. The number of alkyl carbamates (subject to hydrolysis) is 1. The van der Waals surface area contributed by atoms with Crippen LogP contribution in [0, 0.1) is 0 Å². The molecular formula is C41H52N6O5. The van der Waals surface area contributed by atoms with Gasteiger partial charge in [0.15, 0.2) is 0 Å². The normalized spacial score (nSPS) is 15.6. The number of carbonyl (C=O) groups excluding carboxylic acids is 2. The molecule has 5 aromatic rings. The topological polar surface area (TPSA) is 113 Å². The number of ether oxygens (including phenoxy) is 2. The number of nitrogens with zero attached hydrogens (tertiary/aromatic N) is 5. The molecule has 0 radical (unpaired) electrons. The van der Waals surface area contributed by atoms with Gasteiger partial charge in [-0.1, -0.05) is 43.3 Å². The average molecular weight is 709 g/mol. The molecule has 1 aliphatic heterocycles. The zero-order valence-corrected chi connectivity index (χ0v) is 31.1. The largest absolute Gasteiger partial charge is 0.444 e. The van der Waals surface area contributed by atoms with Crippen LogP contribution in [-0.2, 0) is 33.8 Å². The average Bonchev–Trinajstić information content (AvgIpc) is 3.62. The molecule has 3 heterocycles. The molecule has 2 amide bonds. The molecule has 6 rings (SSSR count). The number of hydrogen-bond donors (Lipinski definition) is 1. The molecule has 1 aliphatic rings. The van der Waals surface area contributed by atoms with Gasteiger partial charge >= 0.3 is 11.8 Å². The first-order valence-corrected chi connectivity index (χ1v) is 18.6. The number of rotatable bonds is 13. The number of likely N-dealkylation sites (tertiary alicyclic amines) is 1. The maximum atomic E-state index is 14.0. The second-order valence-electron chi connectivity index (χ2n) is 14.8. The fourth-order valence-corrected chi connectivity index (χ4v) is 7.37. The maximum Gasteiger partial charge on any atom is 0.407 e. The molecule has 0 saturated carbocycles. The predicted octanol–water partition coefficient (Wildman–Crippen LogP) is 6.82. The highest BCUT2D eigenvalue weighted by Crippen LogP contribution is 2.30. The van der Waals surface area contributed by atoms with E-state index in [4.69, 9.17) is 14.5 Å². The molecule has 3 aromatic carbocycles. The minimum Gasteiger partial charge on any atom is -0.444 e. The molecule has 0 spiro atoms. The number of imidazole rings is 2. The molecule has 276 valence electrons. The van der Waals surface area contributed by atoms with Crippen LogP contribution in [0.15, 0.2) is 77.6 Å². The molecule has 52 heavy (non-hydrogen) atoms. The van der Waals surface area contributed by atoms with Crippen LogP contribution < -0.4 is 11.0 Å². The number of fused-ring (bicyclic) bond motifs is 2. The standard InChI is InChI=1S/C41H52N6O5/c1-6-22-46-35-16-9-10-17-36(35)47(40(46)50)32-20-18-29(19-21-32)26-31(42-39(49)52-41(2,3)4)27-37(48)44-23-11-13-30(28-44)38-43-33-14-7-8-15-34(33)45(38)24-12-25-51-5/h7-10,14-21,30-31H,6,11-13,22-28H2,1-5H3,(H,42,49). The zero-order valence-electron chi connectivity index (χ0n) is 31.1. The second-order valence-corrected chi connectivity index (χ2v) is 14.8. The van der Waals surface area contributed by atoms with E-state index in [9.17, 15) is 14.4 Å². The van der Waals surface area contributed by atoms with Crippen molar-refractivity contribution in [1.29, 1.82) is 0 Å². The Morgan fingerprint density at radius 3 is 2.37 bits per heavy atom. The van der Waals surface area contributed by atoms with Gasteiger partial charge in [-0.15, -0.1) is 0 Å². The summed E-state index contributed by atoms with van der Waals surface area (Å²) in [5.41, 5.74) is 4.76. The van der Waals surface area contributed by atoms with E-state index in [0.29, 0.717) is 32.7 Å². The van der Waals surface area contributed by atoms with Crippen LogP contribution in [0.3, 0.4) is 0 Å². The van der Waals surface area contributed by atoms with Crippen LogP contribution in [0.25, 0.3) is 27.8 Å². The SMILES string of the molecule is CCCn1c(=O)n(-c2ccc(CC(CC(=O)N3CCCC(c4nc5ccccc5n4CCCOC)C3)NC(=O)OC(C)(C)C)cc2)c2ccccc21. The van der Waals surface area contributed by atoms with Gasteiger partial charge in [0.05, 0.1) is 27.8 Å². The summed E-state index contributed by atoms with van der Waals surface area (Å²) in [4.78, 5) is 47.5. The van der Waals surface area contributed by atoms with Crippen molar-refractivity contribution in [3.63, 3.8) is 0 Å². The summed E-state index contributed by atoms with van der Waals surface area (Å²) in [5.74, 6) is 1.10. The lowest BCUT2D eigenvalue weighted by atomic mass is 9.95. The zero-order chi connectivity index (χ0) is 36.8. The van der Waals surface area contributed by atoms with Crippen molar-refractivity contribution in [3.8, 4) is 5.69 Å². The van der Waals surface area contributed by atoms with Crippen molar-refractivity contribution in [3.05, 3.63) is 94.7 Å². The van der Waals surface area contributed by atoms with Crippen molar-refractivity contribution < 1.29 is 19.1 Å². The van der Waals surface area contributed by atoms with E-state index in [0.717, 1.165) is 71.4 Å². The minimum absolute atomic E-state index is 0.0142. The molecule has 2 unspecified atom stereocenters. The Kier molecular flexibility index (Phi) is 11.5. The predicted molar refractivity (Wildman–Crippen MR) is 204 cm³/mol. The van der Waals surface area contributed by atoms with Gasteiger partial charge in [0, 0.05) is 58.3 Å². The van der Waals surface area contributed by atoms with Gasteiger partial charge in [0.1, 0.15) is 11.4 Å². The Hall–Kier alpha value is -4.90. The van der Waals surface area contributed by atoms with Gasteiger partial charge < -0.3 is 24.3 Å². The lowest BCUT2D eigenvalue weighted by Gasteiger charge is -2.34. The van der Waals surface area contributed by atoms with Gasteiger partial charge in [-0.25, -0.2) is 14.6 Å². The van der Waals surface area contributed by atoms with Crippen molar-refractivity contribution in [2.45, 2.75) is 96.9 Å². The van der Waals surface area contributed by atoms with Gasteiger partial charge in [-0.2, -0.15) is 0 Å². The van der Waals surface area contributed by atoms with Crippen LogP contribution >= 0.6 is 0 Å². The number of para-hydroxylation sites is 4. The van der Waals surface area contributed by atoms with E-state index in [2.05, 4.69) is 22.9 Å². The number of hydrogen-bond acceptors (Lipinski definition) is 6. The van der Waals surface area contributed by atoms with Gasteiger partial charge in [-0.3, -0.25) is 13.9 Å². The summed E-state index contributed by atoms with van der Waals surface area (Å²) in [6.45, 7) is 10.9. The van der Waals surface area contributed by atoms with E-state index in [1.807, 2.05) is 97.0 Å². The van der Waals surface area contributed by atoms with Gasteiger partial charge in [-0.05, 0) is 94.8 Å². The summed E-state index contributed by atoms with van der Waals surface area (Å²) in [6, 6.07) is 23.3. The van der Waals surface area contributed by atoms with E-state index >= 15 is 0 Å². The number of amides is 2. The summed E-state index contributed by atoms with van der Waals surface area (Å²) < 4.78 is 16.8. The van der Waals surface area contributed by atoms with Crippen molar-refractivity contribution in [2.24, 2.45) is 0 Å². The van der Waals surface area contributed by atoms with Crippen LogP contribution in [0.4, 0.5) is 4.79 Å². The highest BCUT2D eigenvalue weighted by molar-refractivity contribution is 5.79. The molecule has 1 N–H and O–H groups in total. The van der Waals surface area contributed by atoms with Gasteiger partial charge in [0.25, 0.3) is 0 Å². The Balaban J connectivity index is 1.20. The van der Waals surface area contributed by atoms with Crippen LogP contribution in [0.1, 0.15) is 77.1 Å². The maximum absolute atomic E-state index is 14.0. The first-order valence-electron chi connectivity index (χ1n) is 18.6. The van der Waals surface area contributed by atoms with Crippen molar-refractivity contribution in [2.75, 3.05) is 26.8 Å². The van der Waals surface area contributed by atoms with E-state index < -0.39 is 17.7 Å². The first kappa shape index (κ1) is 36.9. The number of piperidine rings is 1. The molecule has 1 saturated heterocycles. The molecule has 2 atom stereocenters. The van der Waals surface area contributed by atoms with E-state index in [1.165, 1.54) is 0 Å². The lowest BCUT2D eigenvalue weighted by molar-refractivity contribution is -0.133. The van der Waals surface area contributed by atoms with Crippen LogP contribution in [0.2, 0.25) is 0 Å². The Labute approximate surface area is 305 Å². The summed E-state index contributed by atoms with van der Waals surface area (Å²) in [7, 11) is 1.72. The number of aromatic nitrogens is 4. The van der Waals surface area contributed by atoms with Crippen LogP contribution in [-0.4, -0.2) is 74.0 Å². The fourth-order valence-electron chi connectivity index (χ4n) is 7.37. The highest BCUT2D eigenvalue weighted by atomic mass is 16.6. The van der Waals surface area contributed by atoms with E-state index in [1.54, 1.807) is 11.7 Å². The monoisotopic (exact) mass is 708 g/mol. The van der Waals surface area contributed by atoms with Gasteiger partial charge in [0.2, 0.25) is 5.91 Å². The summed E-state index contributed by atoms with van der Waals surface area (Å²) in [6.07, 6.45) is 3.54. The molecule has 0 bridgehead atoms. The molecule has 1 fully saturated rings. The Morgan fingerprint density at radius 1 is 0.942 bits per heavy atom. The third kappa shape index (κ3) is 8.41. The number of methoxy groups -OCH3 is 1. The summed E-state index contributed by atoms with van der Waals surface area (Å²) in [5, 5.41) is 2.99. The fraction of sp³-hybridized carbons (Fsp3) is 0.463. The quantitative estimate of drug-likeness (QED) is 0.134. The van der Waals surface area contributed by atoms with Crippen molar-refractivity contribution in [1.82, 2.24) is 28.9 Å².